The fraction of sp³-hybridized carbons (Fsp3) is 0.188. The van der Waals surface area contributed by atoms with Gasteiger partial charge in [0.15, 0.2) is 15.6 Å². The summed E-state index contributed by atoms with van der Waals surface area (Å²) in [6.07, 6.45) is 0. The van der Waals surface area contributed by atoms with Crippen LogP contribution in [0.5, 0.6) is 0 Å². The van der Waals surface area contributed by atoms with Crippen molar-refractivity contribution < 1.29 is 35.5 Å². The van der Waals surface area contributed by atoms with Gasteiger partial charge in [0, 0.05) is 19.1 Å². The molecule has 0 unspecified atom stereocenters. The quantitative estimate of drug-likeness (QED) is 0.292. The van der Waals surface area contributed by atoms with Gasteiger partial charge in [-0.25, -0.2) is 13.4 Å². The third kappa shape index (κ3) is 4.68. The number of aryl methyl sites for hydroxylation is 1. The maximum Gasteiger partial charge on any atom is 0.485 e. The summed E-state index contributed by atoms with van der Waals surface area (Å²) in [6, 6.07) is 13.7. The molecule has 27 heavy (non-hydrogen) atoms. The summed E-state index contributed by atoms with van der Waals surface area (Å²) in [5.74, 6) is -0.0925. The Morgan fingerprint density at radius 1 is 1.11 bits per heavy atom. The first-order valence-electron chi connectivity index (χ1n) is 7.39. The van der Waals surface area contributed by atoms with E-state index in [4.69, 9.17) is 13.0 Å². The van der Waals surface area contributed by atoms with Crippen LogP contribution in [0.4, 0.5) is 18.9 Å². The molecule has 1 heterocycles. The van der Waals surface area contributed by atoms with Crippen molar-refractivity contribution in [3.63, 3.8) is 0 Å². The highest BCUT2D eigenvalue weighted by atomic mass is 32.2. The number of nitrogens with zero attached hydrogens (tertiary/aromatic N) is 2. The number of carbonyl (C=O) groups excluding carboxylic acids is 1. The lowest BCUT2D eigenvalue weighted by Crippen LogP contribution is -2.30. The van der Waals surface area contributed by atoms with Gasteiger partial charge in [-0.3, -0.25) is 4.79 Å². The van der Waals surface area contributed by atoms with Crippen LogP contribution in [0.15, 0.2) is 42.5 Å². The Bertz CT molecular complexity index is 1120. The van der Waals surface area contributed by atoms with E-state index in [1.807, 2.05) is 49.5 Å². The number of alkyl halides is 3. The van der Waals surface area contributed by atoms with Crippen LogP contribution in [0.3, 0.4) is 0 Å². The molecule has 0 fully saturated rings. The highest BCUT2D eigenvalue weighted by molar-refractivity contribution is 7.86. The van der Waals surface area contributed by atoms with Gasteiger partial charge in [0.25, 0.3) is 0 Å². The summed E-state index contributed by atoms with van der Waals surface area (Å²) >= 11 is 0. The topological polar surface area (TPSA) is 103 Å². The number of hydrogen-bond donors (Lipinski definition) is 1. The van der Waals surface area contributed by atoms with E-state index in [1.54, 1.807) is 0 Å². The Labute approximate surface area is 152 Å². The molecule has 2 aromatic carbocycles. The predicted octanol–water partition coefficient (Wildman–Crippen LogP) is 2.22. The lowest BCUT2D eigenvalue weighted by molar-refractivity contribution is -0.617. The van der Waals surface area contributed by atoms with Gasteiger partial charge in [0.2, 0.25) is 16.9 Å². The Kier molecular flexibility index (Phi) is 5.66. The van der Waals surface area contributed by atoms with Crippen molar-refractivity contribution in [1.29, 1.82) is 0 Å². The van der Waals surface area contributed by atoms with E-state index in [-0.39, 0.29) is 5.91 Å². The molecule has 0 saturated heterocycles. The molecule has 144 valence electrons. The molecule has 11 heteroatoms. The van der Waals surface area contributed by atoms with E-state index in [0.29, 0.717) is 0 Å². The van der Waals surface area contributed by atoms with E-state index >= 15 is 0 Å². The number of para-hydroxylation sites is 3. The van der Waals surface area contributed by atoms with Gasteiger partial charge in [-0.15, -0.1) is 0 Å². The second-order valence-electron chi connectivity index (χ2n) is 5.41. The first-order valence-corrected chi connectivity index (χ1v) is 8.80. The average molecular weight is 401 g/mol. The number of benzene rings is 2. The van der Waals surface area contributed by atoms with Crippen LogP contribution < -0.4 is 9.88 Å². The standard InChI is InChI=1S/C15H13N3O.CHF3O3S/c1-10(19)16-12-7-5-9-14-15(12)17-11-6-3-4-8-13(11)18(14)2;2-1(3,4)8(5,6)7/h3-9H,1-2H3;(H,5,6,7). The first kappa shape index (κ1) is 20.5. The zero-order chi connectivity index (χ0) is 20.4. The van der Waals surface area contributed by atoms with Gasteiger partial charge in [-0.1, -0.05) is 18.2 Å². The molecule has 3 rings (SSSR count). The largest absolute Gasteiger partial charge is 0.741 e. The van der Waals surface area contributed by atoms with Crippen LogP contribution in [-0.2, 0) is 22.0 Å². The molecule has 1 N–H and O–H groups in total. The number of rotatable bonds is 1. The normalized spacial score (nSPS) is 11.8. The molecule has 0 saturated carbocycles. The van der Waals surface area contributed by atoms with E-state index in [0.717, 1.165) is 27.8 Å². The van der Waals surface area contributed by atoms with Crippen LogP contribution in [0, 0.1) is 0 Å². The van der Waals surface area contributed by atoms with Gasteiger partial charge in [-0.2, -0.15) is 17.7 Å². The van der Waals surface area contributed by atoms with Gasteiger partial charge in [-0.05, 0) is 12.1 Å². The highest BCUT2D eigenvalue weighted by Gasteiger charge is 2.36. The second-order valence-corrected chi connectivity index (χ2v) is 6.79. The van der Waals surface area contributed by atoms with Crippen LogP contribution in [0.2, 0.25) is 0 Å². The fourth-order valence-electron chi connectivity index (χ4n) is 2.30. The summed E-state index contributed by atoms with van der Waals surface area (Å²) in [5, 5.41) is 2.82. The molecule has 0 spiro atoms. The predicted molar refractivity (Wildman–Crippen MR) is 90.5 cm³/mol. The second kappa shape index (κ2) is 7.45. The number of nitrogens with one attached hydrogen (secondary N) is 1. The summed E-state index contributed by atoms with van der Waals surface area (Å²) in [4.78, 5) is 15.9. The molecule has 0 atom stereocenters. The maximum absolute atomic E-state index is 11.3. The van der Waals surface area contributed by atoms with Crippen molar-refractivity contribution in [2.75, 3.05) is 5.32 Å². The van der Waals surface area contributed by atoms with Crippen molar-refractivity contribution in [2.45, 2.75) is 12.4 Å². The molecule has 0 aliphatic rings. The minimum atomic E-state index is -6.09. The van der Waals surface area contributed by atoms with Crippen LogP contribution in [0.25, 0.3) is 22.1 Å². The van der Waals surface area contributed by atoms with Gasteiger partial charge in [0.05, 0.1) is 5.69 Å². The third-order valence-electron chi connectivity index (χ3n) is 3.45. The van der Waals surface area contributed by atoms with Crippen molar-refractivity contribution >= 4 is 43.8 Å². The molecule has 1 amide bonds. The Hall–Kier alpha value is -2.79. The Morgan fingerprint density at radius 2 is 1.67 bits per heavy atom. The van der Waals surface area contributed by atoms with Crippen molar-refractivity contribution in [3.05, 3.63) is 42.5 Å². The van der Waals surface area contributed by atoms with Crippen LogP contribution in [0.1, 0.15) is 6.92 Å². The lowest BCUT2D eigenvalue weighted by atomic mass is 10.2. The SMILES string of the molecule is CC(=O)Nc1cccc2c1nc1ccccc1[n+]2C.O=S(=O)([O-])C(F)(F)F. The number of hydrogen-bond acceptors (Lipinski definition) is 5. The van der Waals surface area contributed by atoms with E-state index in [1.165, 1.54) is 6.92 Å². The van der Waals surface area contributed by atoms with Crippen molar-refractivity contribution in [3.8, 4) is 0 Å². The number of aromatic nitrogens is 2. The molecule has 3 aromatic rings. The molecule has 1 aromatic heterocycles. The summed E-state index contributed by atoms with van der Waals surface area (Å²) < 4.78 is 61.0. The molecule has 0 bridgehead atoms. The van der Waals surface area contributed by atoms with Gasteiger partial charge in [0.1, 0.15) is 12.6 Å². The number of halogens is 3. The molecular formula is C16H14F3N3O4S. The minimum Gasteiger partial charge on any atom is -0.741 e. The van der Waals surface area contributed by atoms with Gasteiger partial charge >= 0.3 is 5.51 Å². The van der Waals surface area contributed by atoms with Crippen LogP contribution in [-0.4, -0.2) is 29.4 Å². The van der Waals surface area contributed by atoms with Crippen molar-refractivity contribution in [1.82, 2.24) is 4.98 Å². The lowest BCUT2D eigenvalue weighted by Gasteiger charge is -2.08. The van der Waals surface area contributed by atoms with Crippen molar-refractivity contribution in [2.24, 2.45) is 7.05 Å². The molecular weight excluding hydrogens is 387 g/mol. The maximum atomic E-state index is 11.3. The fourth-order valence-corrected chi connectivity index (χ4v) is 2.30. The summed E-state index contributed by atoms with van der Waals surface area (Å²) in [7, 11) is -4.09. The van der Waals surface area contributed by atoms with E-state index in [2.05, 4.69) is 14.9 Å². The number of carbonyl (C=O) groups is 1. The average Bonchev–Trinajstić information content (AvgIpc) is 2.54. The molecule has 0 aliphatic carbocycles. The summed E-state index contributed by atoms with van der Waals surface area (Å²) in [6.45, 7) is 1.50. The third-order valence-corrected chi connectivity index (χ3v) is 4.01. The smallest absolute Gasteiger partial charge is 0.485 e. The number of anilines is 1. The monoisotopic (exact) mass is 401 g/mol. The zero-order valence-corrected chi connectivity index (χ0v) is 14.9. The van der Waals surface area contributed by atoms with Crippen LogP contribution >= 0.6 is 0 Å². The van der Waals surface area contributed by atoms with E-state index < -0.39 is 15.6 Å². The molecule has 0 aliphatic heterocycles. The number of fused-ring (bicyclic) bond motifs is 2. The molecule has 7 nitrogen and oxygen atoms in total. The first-order chi connectivity index (χ1) is 12.4. The van der Waals surface area contributed by atoms with E-state index in [9.17, 15) is 18.0 Å². The van der Waals surface area contributed by atoms with Gasteiger partial charge < -0.3 is 9.87 Å². The minimum absolute atomic E-state index is 0.0925. The zero-order valence-electron chi connectivity index (χ0n) is 14.1. The summed E-state index contributed by atoms with van der Waals surface area (Å²) in [5.41, 5.74) is -1.13. The highest BCUT2D eigenvalue weighted by Crippen LogP contribution is 2.22. The Morgan fingerprint density at radius 3 is 2.22 bits per heavy atom. The molecule has 0 radical (unpaired) electrons. The Balaban J connectivity index is 0.000000279. The number of amides is 1.